The third-order valence-corrected chi connectivity index (χ3v) is 3.65. The number of nitrogens with zero attached hydrogens (tertiary/aromatic N) is 3. The van der Waals surface area contributed by atoms with Gasteiger partial charge < -0.3 is 15.1 Å². The van der Waals surface area contributed by atoms with Crippen LogP contribution >= 0.6 is 11.8 Å². The minimum Gasteiger partial charge on any atom is -0.411 e. The van der Waals surface area contributed by atoms with Crippen LogP contribution in [0.5, 0.6) is 0 Å². The largest absolute Gasteiger partial charge is 0.411 e. The second-order valence-electron chi connectivity index (χ2n) is 4.48. The van der Waals surface area contributed by atoms with Gasteiger partial charge in [-0.2, -0.15) is 0 Å². The molecule has 1 heterocycles. The molecule has 2 aromatic rings. The molecule has 106 valence electrons. The van der Waals surface area contributed by atoms with E-state index in [0.29, 0.717) is 11.1 Å². The first-order valence-corrected chi connectivity index (χ1v) is 6.92. The SMILES string of the molecule is C[C@H](Sc1nnc(-c2cccc(N(C)C)c2)o1)C(N)=O. The van der Waals surface area contributed by atoms with Gasteiger partial charge in [0, 0.05) is 25.3 Å². The van der Waals surface area contributed by atoms with Crippen molar-refractivity contribution in [3.8, 4) is 11.5 Å². The van der Waals surface area contributed by atoms with Gasteiger partial charge in [0.1, 0.15) is 0 Å². The topological polar surface area (TPSA) is 85.2 Å². The maximum atomic E-state index is 11.0. The van der Waals surface area contributed by atoms with Crippen molar-refractivity contribution in [2.24, 2.45) is 5.73 Å². The number of carbonyl (C=O) groups excluding carboxylic acids is 1. The molecule has 1 aromatic heterocycles. The van der Waals surface area contributed by atoms with Crippen LogP contribution in [0.25, 0.3) is 11.5 Å². The van der Waals surface area contributed by atoms with Gasteiger partial charge in [0.2, 0.25) is 11.8 Å². The zero-order valence-electron chi connectivity index (χ0n) is 11.5. The zero-order valence-corrected chi connectivity index (χ0v) is 12.3. The molecule has 0 spiro atoms. The van der Waals surface area contributed by atoms with Gasteiger partial charge in [-0.25, -0.2) is 0 Å². The molecule has 0 fully saturated rings. The predicted molar refractivity (Wildman–Crippen MR) is 78.6 cm³/mol. The average Bonchev–Trinajstić information content (AvgIpc) is 2.87. The number of carbonyl (C=O) groups is 1. The lowest BCUT2D eigenvalue weighted by Crippen LogP contribution is -2.22. The molecule has 0 aliphatic heterocycles. The van der Waals surface area contributed by atoms with Gasteiger partial charge in [0.15, 0.2) is 0 Å². The number of primary amides is 1. The summed E-state index contributed by atoms with van der Waals surface area (Å²) in [5.41, 5.74) is 7.08. The lowest BCUT2D eigenvalue weighted by atomic mass is 10.2. The zero-order chi connectivity index (χ0) is 14.7. The molecular formula is C13H16N4O2S. The van der Waals surface area contributed by atoms with Crippen LogP contribution in [0.15, 0.2) is 33.9 Å². The van der Waals surface area contributed by atoms with Gasteiger partial charge >= 0.3 is 0 Å². The number of anilines is 1. The number of rotatable bonds is 5. The van der Waals surface area contributed by atoms with E-state index in [0.717, 1.165) is 23.0 Å². The highest BCUT2D eigenvalue weighted by atomic mass is 32.2. The van der Waals surface area contributed by atoms with Crippen molar-refractivity contribution in [2.75, 3.05) is 19.0 Å². The fraction of sp³-hybridized carbons (Fsp3) is 0.308. The fourth-order valence-corrected chi connectivity index (χ4v) is 2.13. The van der Waals surface area contributed by atoms with Crippen molar-refractivity contribution in [3.05, 3.63) is 24.3 Å². The Labute approximate surface area is 121 Å². The molecule has 1 atom stereocenters. The van der Waals surface area contributed by atoms with E-state index in [1.165, 1.54) is 0 Å². The lowest BCUT2D eigenvalue weighted by molar-refractivity contribution is -0.117. The van der Waals surface area contributed by atoms with E-state index in [1.807, 2.05) is 43.3 Å². The van der Waals surface area contributed by atoms with Gasteiger partial charge in [-0.15, -0.1) is 10.2 Å². The van der Waals surface area contributed by atoms with Crippen LogP contribution in [0, 0.1) is 0 Å². The standard InChI is InChI=1S/C13H16N4O2S/c1-8(11(14)18)20-13-16-15-12(19-13)9-5-4-6-10(7-9)17(2)3/h4-8H,1-3H3,(H2,14,18)/t8-/m0/s1. The Balaban J connectivity index is 2.20. The number of aromatic nitrogens is 2. The Morgan fingerprint density at radius 3 is 2.80 bits per heavy atom. The van der Waals surface area contributed by atoms with Crippen LogP contribution in [-0.2, 0) is 4.79 Å². The summed E-state index contributed by atoms with van der Waals surface area (Å²) in [6.45, 7) is 1.70. The highest BCUT2D eigenvalue weighted by Gasteiger charge is 2.16. The van der Waals surface area contributed by atoms with E-state index in [9.17, 15) is 4.79 Å². The third kappa shape index (κ3) is 3.30. The summed E-state index contributed by atoms with van der Waals surface area (Å²) in [5, 5.41) is 7.83. The van der Waals surface area contributed by atoms with Crippen molar-refractivity contribution in [2.45, 2.75) is 17.4 Å². The molecule has 0 unspecified atom stereocenters. The first-order valence-electron chi connectivity index (χ1n) is 6.04. The second-order valence-corrected chi connectivity index (χ2v) is 5.77. The minimum atomic E-state index is -0.413. The van der Waals surface area contributed by atoms with Gasteiger partial charge in [0.05, 0.1) is 5.25 Å². The normalized spacial score (nSPS) is 12.2. The van der Waals surface area contributed by atoms with Crippen LogP contribution in [0.1, 0.15) is 6.92 Å². The minimum absolute atomic E-state index is 0.335. The number of hydrogen-bond donors (Lipinski definition) is 1. The Morgan fingerprint density at radius 1 is 1.40 bits per heavy atom. The van der Waals surface area contributed by atoms with Crippen molar-refractivity contribution in [1.82, 2.24) is 10.2 Å². The molecule has 0 saturated heterocycles. The highest BCUT2D eigenvalue weighted by Crippen LogP contribution is 2.27. The third-order valence-electron chi connectivity index (χ3n) is 2.69. The Bertz CT molecular complexity index is 612. The summed E-state index contributed by atoms with van der Waals surface area (Å²) < 4.78 is 5.54. The molecule has 2 N–H and O–H groups in total. The van der Waals surface area contributed by atoms with Gasteiger partial charge in [-0.3, -0.25) is 4.79 Å². The molecule has 0 saturated carbocycles. The molecule has 1 amide bonds. The molecule has 7 heteroatoms. The van der Waals surface area contributed by atoms with Gasteiger partial charge in [-0.05, 0) is 25.1 Å². The van der Waals surface area contributed by atoms with Crippen molar-refractivity contribution in [1.29, 1.82) is 0 Å². The molecule has 0 bridgehead atoms. The maximum Gasteiger partial charge on any atom is 0.277 e. The fourth-order valence-electron chi connectivity index (χ4n) is 1.50. The number of hydrogen-bond acceptors (Lipinski definition) is 6. The van der Waals surface area contributed by atoms with E-state index in [4.69, 9.17) is 10.2 Å². The summed E-state index contributed by atoms with van der Waals surface area (Å²) in [4.78, 5) is 13.0. The van der Waals surface area contributed by atoms with Gasteiger partial charge in [-0.1, -0.05) is 17.8 Å². The average molecular weight is 292 g/mol. The summed E-state index contributed by atoms with van der Waals surface area (Å²) in [5.74, 6) is 0.0113. The molecule has 1 aromatic carbocycles. The molecule has 2 rings (SSSR count). The van der Waals surface area contributed by atoms with E-state index in [2.05, 4.69) is 10.2 Å². The molecule has 6 nitrogen and oxygen atoms in total. The van der Waals surface area contributed by atoms with E-state index >= 15 is 0 Å². The molecule has 0 aliphatic carbocycles. The first-order chi connectivity index (χ1) is 9.47. The first kappa shape index (κ1) is 14.4. The highest BCUT2D eigenvalue weighted by molar-refractivity contribution is 8.00. The van der Waals surface area contributed by atoms with Crippen molar-refractivity contribution < 1.29 is 9.21 Å². The van der Waals surface area contributed by atoms with E-state index in [1.54, 1.807) is 6.92 Å². The number of thioether (sulfide) groups is 1. The van der Waals surface area contributed by atoms with Crippen LogP contribution < -0.4 is 10.6 Å². The number of nitrogens with two attached hydrogens (primary N) is 1. The summed E-state index contributed by atoms with van der Waals surface area (Å²) >= 11 is 1.15. The van der Waals surface area contributed by atoms with Crippen LogP contribution in [0.3, 0.4) is 0 Å². The smallest absolute Gasteiger partial charge is 0.277 e. The molecule has 20 heavy (non-hydrogen) atoms. The summed E-state index contributed by atoms with van der Waals surface area (Å²) in [7, 11) is 3.92. The molecular weight excluding hydrogens is 276 g/mol. The maximum absolute atomic E-state index is 11.0. The van der Waals surface area contributed by atoms with Crippen LogP contribution in [0.4, 0.5) is 5.69 Å². The Hall–Kier alpha value is -2.02. The Kier molecular flexibility index (Phi) is 4.29. The van der Waals surface area contributed by atoms with Crippen LogP contribution in [0.2, 0.25) is 0 Å². The monoisotopic (exact) mass is 292 g/mol. The molecule has 0 radical (unpaired) electrons. The summed E-state index contributed by atoms with van der Waals surface area (Å²) in [6, 6.07) is 7.77. The van der Waals surface area contributed by atoms with E-state index < -0.39 is 11.2 Å². The van der Waals surface area contributed by atoms with Gasteiger partial charge in [0.25, 0.3) is 5.22 Å². The van der Waals surface area contributed by atoms with Crippen molar-refractivity contribution >= 4 is 23.4 Å². The van der Waals surface area contributed by atoms with Crippen LogP contribution in [-0.4, -0.2) is 35.4 Å². The second kappa shape index (κ2) is 5.96. The Morgan fingerprint density at radius 2 is 2.15 bits per heavy atom. The molecule has 0 aliphatic rings. The van der Waals surface area contributed by atoms with E-state index in [-0.39, 0.29) is 0 Å². The lowest BCUT2D eigenvalue weighted by Gasteiger charge is -2.12. The summed E-state index contributed by atoms with van der Waals surface area (Å²) in [6.07, 6.45) is 0. The number of benzene rings is 1. The number of amides is 1. The van der Waals surface area contributed by atoms with Crippen molar-refractivity contribution in [3.63, 3.8) is 0 Å². The quantitative estimate of drug-likeness (QED) is 0.845. The predicted octanol–water partition coefficient (Wildman–Crippen LogP) is 1.77.